The fourth-order valence-electron chi connectivity index (χ4n) is 1.68. The number of nitrogens with one attached hydrogen (secondary N) is 1. The van der Waals surface area contributed by atoms with Crippen LogP contribution in [0.25, 0.3) is 0 Å². The molecule has 0 radical (unpaired) electrons. The molecule has 0 unspecified atom stereocenters. The van der Waals surface area contributed by atoms with Gasteiger partial charge in [0.15, 0.2) is 0 Å². The van der Waals surface area contributed by atoms with Crippen LogP contribution in [0.5, 0.6) is 0 Å². The molecule has 0 aromatic heterocycles. The first-order valence-electron chi connectivity index (χ1n) is 6.68. The SMILES string of the molecule is CCCCCCCCNCCCCCI. The van der Waals surface area contributed by atoms with Crippen LogP contribution in [0.15, 0.2) is 0 Å². The Morgan fingerprint density at radius 2 is 1.27 bits per heavy atom. The van der Waals surface area contributed by atoms with E-state index in [4.69, 9.17) is 0 Å². The number of rotatable bonds is 12. The predicted octanol–water partition coefficient (Wildman–Crippen LogP) is 4.54. The van der Waals surface area contributed by atoms with Crippen LogP contribution in [0, 0.1) is 0 Å². The highest BCUT2D eigenvalue weighted by molar-refractivity contribution is 14.1. The normalized spacial score (nSPS) is 10.8. The number of alkyl halides is 1. The highest BCUT2D eigenvalue weighted by Gasteiger charge is 1.91. The fraction of sp³-hybridized carbons (Fsp3) is 1.00. The standard InChI is InChI=1S/C13H28IN/c1-2-3-4-5-6-9-12-15-13-10-7-8-11-14/h15H,2-13H2,1H3. The number of unbranched alkanes of at least 4 members (excludes halogenated alkanes) is 7. The van der Waals surface area contributed by atoms with E-state index in [2.05, 4.69) is 34.8 Å². The Morgan fingerprint density at radius 1 is 0.733 bits per heavy atom. The van der Waals surface area contributed by atoms with E-state index in [9.17, 15) is 0 Å². The predicted molar refractivity (Wildman–Crippen MR) is 79.0 cm³/mol. The molecule has 0 aliphatic carbocycles. The van der Waals surface area contributed by atoms with E-state index in [1.807, 2.05) is 0 Å². The van der Waals surface area contributed by atoms with E-state index in [1.54, 1.807) is 0 Å². The molecular weight excluding hydrogens is 297 g/mol. The molecule has 0 saturated heterocycles. The van der Waals surface area contributed by atoms with Crippen LogP contribution in [0.3, 0.4) is 0 Å². The minimum Gasteiger partial charge on any atom is -0.317 e. The first-order valence-corrected chi connectivity index (χ1v) is 8.21. The van der Waals surface area contributed by atoms with E-state index < -0.39 is 0 Å². The zero-order chi connectivity index (χ0) is 11.2. The van der Waals surface area contributed by atoms with Crippen molar-refractivity contribution < 1.29 is 0 Å². The molecule has 0 saturated carbocycles. The summed E-state index contributed by atoms with van der Waals surface area (Å²) in [5.41, 5.74) is 0. The summed E-state index contributed by atoms with van der Waals surface area (Å²) in [5.74, 6) is 0. The molecule has 0 heterocycles. The third-order valence-electron chi connectivity index (χ3n) is 2.69. The van der Waals surface area contributed by atoms with Gasteiger partial charge in [-0.05, 0) is 36.8 Å². The van der Waals surface area contributed by atoms with Crippen LogP contribution in [0.1, 0.15) is 64.7 Å². The van der Waals surface area contributed by atoms with Crippen LogP contribution in [0.2, 0.25) is 0 Å². The third kappa shape index (κ3) is 14.7. The number of hydrogen-bond acceptors (Lipinski definition) is 1. The summed E-state index contributed by atoms with van der Waals surface area (Å²) in [5, 5.41) is 3.53. The van der Waals surface area contributed by atoms with Gasteiger partial charge in [-0.2, -0.15) is 0 Å². The third-order valence-corrected chi connectivity index (χ3v) is 3.46. The molecule has 1 N–H and O–H groups in total. The van der Waals surface area contributed by atoms with Crippen molar-refractivity contribution in [1.29, 1.82) is 0 Å². The van der Waals surface area contributed by atoms with Gasteiger partial charge in [0, 0.05) is 0 Å². The van der Waals surface area contributed by atoms with Crippen molar-refractivity contribution in [2.75, 3.05) is 17.5 Å². The van der Waals surface area contributed by atoms with Crippen LogP contribution < -0.4 is 5.32 Å². The van der Waals surface area contributed by atoms with Gasteiger partial charge in [0.1, 0.15) is 0 Å². The molecule has 0 bridgehead atoms. The topological polar surface area (TPSA) is 12.0 Å². The highest BCUT2D eigenvalue weighted by Crippen LogP contribution is 2.04. The summed E-state index contributed by atoms with van der Waals surface area (Å²) in [7, 11) is 0. The van der Waals surface area contributed by atoms with Gasteiger partial charge in [0.2, 0.25) is 0 Å². The molecule has 0 aromatic rings. The average Bonchev–Trinajstić information content (AvgIpc) is 2.26. The maximum Gasteiger partial charge on any atom is -0.000472 e. The Labute approximate surface area is 110 Å². The lowest BCUT2D eigenvalue weighted by Gasteiger charge is -2.04. The van der Waals surface area contributed by atoms with Crippen molar-refractivity contribution in [3.63, 3.8) is 0 Å². The van der Waals surface area contributed by atoms with Crippen molar-refractivity contribution in [1.82, 2.24) is 5.32 Å². The Hall–Kier alpha value is 0.690. The van der Waals surface area contributed by atoms with Gasteiger partial charge in [0.25, 0.3) is 0 Å². The molecule has 0 spiro atoms. The fourth-order valence-corrected chi connectivity index (χ4v) is 2.22. The van der Waals surface area contributed by atoms with Crippen LogP contribution in [0.4, 0.5) is 0 Å². The summed E-state index contributed by atoms with van der Waals surface area (Å²) in [6.07, 6.45) is 12.6. The quantitative estimate of drug-likeness (QED) is 0.315. The number of halogens is 1. The lowest BCUT2D eigenvalue weighted by Crippen LogP contribution is -2.16. The molecule has 0 amide bonds. The molecule has 0 atom stereocenters. The van der Waals surface area contributed by atoms with E-state index in [1.165, 1.54) is 75.3 Å². The van der Waals surface area contributed by atoms with Gasteiger partial charge in [-0.3, -0.25) is 0 Å². The smallest absolute Gasteiger partial charge is 0.000472 e. The molecule has 1 nitrogen and oxygen atoms in total. The van der Waals surface area contributed by atoms with E-state index in [0.717, 1.165) is 0 Å². The second-order valence-corrected chi connectivity index (χ2v) is 5.35. The van der Waals surface area contributed by atoms with E-state index in [-0.39, 0.29) is 0 Å². The Balaban J connectivity index is 2.81. The maximum absolute atomic E-state index is 3.53. The second kappa shape index (κ2) is 14.7. The summed E-state index contributed by atoms with van der Waals surface area (Å²) in [6, 6.07) is 0. The molecule has 0 aliphatic rings. The largest absolute Gasteiger partial charge is 0.317 e. The van der Waals surface area contributed by atoms with Gasteiger partial charge in [-0.15, -0.1) is 0 Å². The maximum atomic E-state index is 3.53. The van der Waals surface area contributed by atoms with Crippen molar-refractivity contribution in [2.24, 2.45) is 0 Å². The van der Waals surface area contributed by atoms with Gasteiger partial charge in [-0.25, -0.2) is 0 Å². The minimum atomic E-state index is 1.23. The molecule has 0 aromatic carbocycles. The highest BCUT2D eigenvalue weighted by atomic mass is 127. The summed E-state index contributed by atoms with van der Waals surface area (Å²) in [4.78, 5) is 0. The van der Waals surface area contributed by atoms with Gasteiger partial charge >= 0.3 is 0 Å². The van der Waals surface area contributed by atoms with Crippen molar-refractivity contribution in [2.45, 2.75) is 64.7 Å². The van der Waals surface area contributed by atoms with E-state index in [0.29, 0.717) is 0 Å². The molecule has 2 heteroatoms. The van der Waals surface area contributed by atoms with Crippen LogP contribution >= 0.6 is 22.6 Å². The minimum absolute atomic E-state index is 1.23. The zero-order valence-corrected chi connectivity index (χ0v) is 12.5. The van der Waals surface area contributed by atoms with Gasteiger partial charge < -0.3 is 5.32 Å². The Kier molecular flexibility index (Phi) is 15.4. The monoisotopic (exact) mass is 325 g/mol. The first kappa shape index (κ1) is 15.7. The second-order valence-electron chi connectivity index (χ2n) is 4.27. The zero-order valence-electron chi connectivity index (χ0n) is 10.4. The van der Waals surface area contributed by atoms with Crippen LogP contribution in [-0.4, -0.2) is 17.5 Å². The first-order chi connectivity index (χ1) is 7.41. The average molecular weight is 325 g/mol. The molecule has 15 heavy (non-hydrogen) atoms. The van der Waals surface area contributed by atoms with E-state index >= 15 is 0 Å². The van der Waals surface area contributed by atoms with Gasteiger partial charge in [-0.1, -0.05) is 68.0 Å². The lowest BCUT2D eigenvalue weighted by molar-refractivity contribution is 0.558. The summed E-state index contributed by atoms with van der Waals surface area (Å²) in [6.45, 7) is 4.74. The number of hydrogen-bond donors (Lipinski definition) is 1. The van der Waals surface area contributed by atoms with Crippen molar-refractivity contribution in [3.05, 3.63) is 0 Å². The molecular formula is C13H28IN. The van der Waals surface area contributed by atoms with Crippen molar-refractivity contribution in [3.8, 4) is 0 Å². The summed E-state index contributed by atoms with van der Waals surface area (Å²) < 4.78 is 1.31. The lowest BCUT2D eigenvalue weighted by atomic mass is 10.1. The molecule has 0 aliphatic heterocycles. The Bertz CT molecular complexity index is 94.7. The van der Waals surface area contributed by atoms with Gasteiger partial charge in [0.05, 0.1) is 0 Å². The molecule has 0 fully saturated rings. The molecule has 92 valence electrons. The Morgan fingerprint density at radius 3 is 1.87 bits per heavy atom. The van der Waals surface area contributed by atoms with Crippen molar-refractivity contribution >= 4 is 22.6 Å². The molecule has 0 rings (SSSR count). The van der Waals surface area contributed by atoms with Crippen LogP contribution in [-0.2, 0) is 0 Å². The summed E-state index contributed by atoms with van der Waals surface area (Å²) >= 11 is 2.46.